The number of hydrogen-bond donors (Lipinski definition) is 1. The second kappa shape index (κ2) is 8.79. The van der Waals surface area contributed by atoms with Gasteiger partial charge in [-0.2, -0.15) is 5.10 Å². The van der Waals surface area contributed by atoms with Gasteiger partial charge >= 0.3 is 0 Å². The van der Waals surface area contributed by atoms with E-state index in [1.165, 1.54) is 0 Å². The maximum Gasteiger partial charge on any atom is 0.277 e. The molecule has 1 N–H and O–H groups in total. The molecule has 1 aromatic carbocycles. The molecule has 8 nitrogen and oxygen atoms in total. The molecule has 2 aliphatic rings. The summed E-state index contributed by atoms with van der Waals surface area (Å²) < 4.78 is 12.6. The summed E-state index contributed by atoms with van der Waals surface area (Å²) in [5.74, 6) is 0.574. The van der Waals surface area contributed by atoms with Crippen molar-refractivity contribution in [2.45, 2.75) is 50.7 Å². The van der Waals surface area contributed by atoms with Gasteiger partial charge in [-0.15, -0.1) is 11.3 Å². The van der Waals surface area contributed by atoms with Crippen molar-refractivity contribution in [2.75, 3.05) is 19.1 Å². The second-order valence-electron chi connectivity index (χ2n) is 8.96. The van der Waals surface area contributed by atoms with Crippen LogP contribution in [0.25, 0.3) is 10.6 Å². The van der Waals surface area contributed by atoms with Gasteiger partial charge in [0.25, 0.3) is 5.91 Å². The first-order chi connectivity index (χ1) is 16.4. The number of carbonyl (C=O) groups is 2. The maximum absolute atomic E-state index is 14.0. The Morgan fingerprint density at radius 2 is 1.97 bits per heavy atom. The van der Waals surface area contributed by atoms with Crippen LogP contribution in [-0.2, 0) is 11.3 Å². The fourth-order valence-electron chi connectivity index (χ4n) is 4.88. The van der Waals surface area contributed by atoms with Gasteiger partial charge < -0.3 is 14.8 Å². The molecule has 3 heterocycles. The minimum Gasteiger partial charge on any atom is -0.497 e. The average Bonchev–Trinajstić information content (AvgIpc) is 3.61. The normalized spacial score (nSPS) is 20.3. The van der Waals surface area contributed by atoms with Gasteiger partial charge in [-0.3, -0.25) is 19.2 Å². The van der Waals surface area contributed by atoms with Crippen LogP contribution in [0.15, 0.2) is 41.8 Å². The van der Waals surface area contributed by atoms with Crippen LogP contribution in [0.3, 0.4) is 0 Å². The van der Waals surface area contributed by atoms with Crippen molar-refractivity contribution in [3.05, 3.63) is 47.5 Å². The number of nitrogens with one attached hydrogen (secondary N) is 1. The van der Waals surface area contributed by atoms with Crippen LogP contribution in [0, 0.1) is 0 Å². The number of carbonyl (C=O) groups excluding carboxylic acids is 2. The average molecular weight is 481 g/mol. The topological polar surface area (TPSA) is 85.7 Å². The summed E-state index contributed by atoms with van der Waals surface area (Å²) in [5.41, 5.74) is 0.475. The van der Waals surface area contributed by atoms with E-state index in [1.807, 2.05) is 17.5 Å². The van der Waals surface area contributed by atoms with E-state index in [2.05, 4.69) is 5.32 Å². The van der Waals surface area contributed by atoms with Crippen molar-refractivity contribution in [2.24, 2.45) is 0 Å². The largest absolute Gasteiger partial charge is 0.497 e. The lowest BCUT2D eigenvalue weighted by atomic mass is 9.93. The number of aromatic nitrogens is 2. The third-order valence-corrected chi connectivity index (χ3v) is 7.63. The lowest BCUT2D eigenvalue weighted by molar-refractivity contribution is -0.127. The Morgan fingerprint density at radius 3 is 2.65 bits per heavy atom. The van der Waals surface area contributed by atoms with Crippen LogP contribution < -0.4 is 19.7 Å². The molecule has 0 saturated heterocycles. The van der Waals surface area contributed by atoms with Crippen LogP contribution in [0.5, 0.6) is 11.5 Å². The third-order valence-electron chi connectivity index (χ3n) is 6.73. The van der Waals surface area contributed by atoms with E-state index < -0.39 is 5.54 Å². The second-order valence-corrected chi connectivity index (χ2v) is 9.90. The highest BCUT2D eigenvalue weighted by Gasteiger charge is 2.50. The maximum atomic E-state index is 14.0. The minimum atomic E-state index is -1.20. The Kier molecular flexibility index (Phi) is 5.81. The summed E-state index contributed by atoms with van der Waals surface area (Å²) in [6, 6.07) is 11.1. The van der Waals surface area contributed by atoms with Crippen molar-refractivity contribution < 1.29 is 19.1 Å². The number of hydrogen-bond acceptors (Lipinski definition) is 6. The Balaban J connectivity index is 1.61. The Morgan fingerprint density at radius 1 is 1.18 bits per heavy atom. The Bertz CT molecular complexity index is 1220. The molecule has 9 heteroatoms. The lowest BCUT2D eigenvalue weighted by Crippen LogP contribution is -2.65. The van der Waals surface area contributed by atoms with Crippen LogP contribution >= 0.6 is 11.3 Å². The van der Waals surface area contributed by atoms with Crippen LogP contribution in [0.2, 0.25) is 0 Å². The first kappa shape index (κ1) is 22.5. The van der Waals surface area contributed by atoms with E-state index in [-0.39, 0.29) is 24.4 Å². The lowest BCUT2D eigenvalue weighted by Gasteiger charge is -2.43. The third kappa shape index (κ3) is 3.73. The number of methoxy groups -OCH3 is 2. The zero-order valence-electron chi connectivity index (χ0n) is 19.5. The van der Waals surface area contributed by atoms with Crippen LogP contribution in [-0.4, -0.2) is 47.4 Å². The van der Waals surface area contributed by atoms with Gasteiger partial charge in [-0.25, -0.2) is 0 Å². The summed E-state index contributed by atoms with van der Waals surface area (Å²) in [6.07, 6.45) is 4.11. The molecule has 1 aliphatic heterocycles. The summed E-state index contributed by atoms with van der Waals surface area (Å²) in [4.78, 5) is 30.3. The highest BCUT2D eigenvalue weighted by molar-refractivity contribution is 7.13. The Hall–Kier alpha value is -3.33. The molecular formula is C25H28N4O4S. The van der Waals surface area contributed by atoms with Gasteiger partial charge in [0.15, 0.2) is 0 Å². The smallest absolute Gasteiger partial charge is 0.277 e. The summed E-state index contributed by atoms with van der Waals surface area (Å²) >= 11 is 1.56. The molecule has 1 aliphatic carbocycles. The van der Waals surface area contributed by atoms with E-state index in [1.54, 1.807) is 66.3 Å². The zero-order chi connectivity index (χ0) is 23.9. The molecule has 1 fully saturated rings. The molecular weight excluding hydrogens is 452 g/mol. The van der Waals surface area contributed by atoms with Gasteiger partial charge in [0.2, 0.25) is 5.91 Å². The van der Waals surface area contributed by atoms with Gasteiger partial charge in [0.1, 0.15) is 28.4 Å². The van der Waals surface area contributed by atoms with E-state index in [0.29, 0.717) is 22.9 Å². The number of ether oxygens (including phenoxy) is 2. The monoisotopic (exact) mass is 480 g/mol. The fourth-order valence-corrected chi connectivity index (χ4v) is 5.57. The van der Waals surface area contributed by atoms with Gasteiger partial charge in [-0.1, -0.05) is 18.9 Å². The number of nitrogens with zero attached hydrogens (tertiary/aromatic N) is 3. The highest BCUT2D eigenvalue weighted by atomic mass is 32.1. The minimum absolute atomic E-state index is 0.125. The first-order valence-corrected chi connectivity index (χ1v) is 12.3. The summed E-state index contributed by atoms with van der Waals surface area (Å²) in [7, 11) is 3.12. The molecule has 0 unspecified atom stereocenters. The number of anilines is 1. The van der Waals surface area contributed by atoms with Crippen LogP contribution in [0.1, 0.15) is 43.1 Å². The van der Waals surface area contributed by atoms with Crippen molar-refractivity contribution in [1.29, 1.82) is 0 Å². The van der Waals surface area contributed by atoms with Crippen molar-refractivity contribution >= 4 is 28.8 Å². The molecule has 3 aromatic rings. The number of thiophene rings is 1. The molecule has 34 heavy (non-hydrogen) atoms. The van der Waals surface area contributed by atoms with E-state index >= 15 is 0 Å². The van der Waals surface area contributed by atoms with Crippen LogP contribution in [0.4, 0.5) is 5.69 Å². The van der Waals surface area contributed by atoms with E-state index in [4.69, 9.17) is 14.6 Å². The summed E-state index contributed by atoms with van der Waals surface area (Å²) in [6.45, 7) is 2.03. The number of rotatable bonds is 6. The molecule has 0 bridgehead atoms. The van der Waals surface area contributed by atoms with Crippen molar-refractivity contribution in [3.63, 3.8) is 0 Å². The van der Waals surface area contributed by atoms with Crippen molar-refractivity contribution in [1.82, 2.24) is 15.1 Å². The van der Waals surface area contributed by atoms with Gasteiger partial charge in [-0.05, 0) is 49.4 Å². The summed E-state index contributed by atoms with van der Waals surface area (Å²) in [5, 5.41) is 9.87. The quantitative estimate of drug-likeness (QED) is 0.574. The zero-order valence-corrected chi connectivity index (χ0v) is 20.4. The predicted molar refractivity (Wildman–Crippen MR) is 131 cm³/mol. The fraction of sp³-hybridized carbons (Fsp3) is 0.400. The number of fused-ring (bicyclic) bond motifs is 1. The molecule has 1 saturated carbocycles. The molecule has 2 aromatic heterocycles. The number of amides is 2. The first-order valence-electron chi connectivity index (χ1n) is 11.4. The standard InChI is InChI=1S/C25H28N4O4S/c1-25(24(31)26-16-7-4-5-8-16)15-28-20(14-18(27-28)22-9-6-12-34-22)23(30)29(25)19-11-10-17(32-2)13-21(19)33-3/h6,9-14,16H,4-5,7-8,15H2,1-3H3,(H,26,31)/t25-/m1/s1. The number of benzene rings is 1. The molecule has 178 valence electrons. The van der Waals surface area contributed by atoms with Crippen molar-refractivity contribution in [3.8, 4) is 22.1 Å². The predicted octanol–water partition coefficient (Wildman–Crippen LogP) is 4.11. The SMILES string of the molecule is COc1ccc(N2C(=O)c3cc(-c4cccs4)nn3C[C@]2(C)C(=O)NC2CCCC2)c(OC)c1. The van der Waals surface area contributed by atoms with E-state index in [0.717, 1.165) is 36.3 Å². The van der Waals surface area contributed by atoms with Gasteiger partial charge in [0.05, 0.1) is 31.3 Å². The molecule has 0 spiro atoms. The van der Waals surface area contributed by atoms with E-state index in [9.17, 15) is 9.59 Å². The molecule has 2 amide bonds. The highest BCUT2D eigenvalue weighted by Crippen LogP contribution is 2.41. The van der Waals surface area contributed by atoms with Gasteiger partial charge in [0, 0.05) is 12.1 Å². The molecule has 5 rings (SSSR count). The Labute approximate surface area is 202 Å². The molecule has 1 atom stereocenters. The molecule has 0 radical (unpaired) electrons.